The summed E-state index contributed by atoms with van der Waals surface area (Å²) in [6, 6.07) is 13.5. The minimum absolute atomic E-state index is 0.102. The molecule has 8 heteroatoms. The second-order valence-corrected chi connectivity index (χ2v) is 4.66. The Balaban J connectivity index is 1.66. The lowest BCUT2D eigenvalue weighted by Gasteiger charge is -2.06. The van der Waals surface area contributed by atoms with E-state index in [4.69, 9.17) is 10.5 Å². The van der Waals surface area contributed by atoms with E-state index >= 15 is 0 Å². The van der Waals surface area contributed by atoms with E-state index in [1.165, 1.54) is 12.1 Å². The van der Waals surface area contributed by atoms with Gasteiger partial charge in [-0.1, -0.05) is 34.2 Å². The van der Waals surface area contributed by atoms with Crippen molar-refractivity contribution in [2.24, 2.45) is 5.10 Å². The molecule has 0 aliphatic carbocycles. The molecule has 0 radical (unpaired) electrons. The zero-order chi connectivity index (χ0) is 16.1. The molecular weight excluding hydrogens is 299 g/mol. The van der Waals surface area contributed by atoms with E-state index in [0.29, 0.717) is 12.4 Å². The predicted molar refractivity (Wildman–Crippen MR) is 82.4 cm³/mol. The van der Waals surface area contributed by atoms with Crippen LogP contribution in [-0.4, -0.2) is 26.5 Å². The van der Waals surface area contributed by atoms with Crippen molar-refractivity contribution >= 4 is 12.2 Å². The molecule has 0 aliphatic rings. The van der Waals surface area contributed by atoms with Crippen LogP contribution in [0.2, 0.25) is 0 Å². The van der Waals surface area contributed by atoms with Crippen LogP contribution in [0.1, 0.15) is 11.1 Å². The highest BCUT2D eigenvalue weighted by Gasteiger charge is 2.00. The van der Waals surface area contributed by atoms with Gasteiger partial charge in [0.1, 0.15) is 18.2 Å². The quantitative estimate of drug-likeness (QED) is 0.726. The summed E-state index contributed by atoms with van der Waals surface area (Å²) < 4.78 is 18.5. The summed E-state index contributed by atoms with van der Waals surface area (Å²) in [5, 5.41) is 14.6. The van der Waals surface area contributed by atoms with E-state index < -0.39 is 0 Å². The maximum Gasteiger partial charge on any atom is 0.263 e. The number of nitrogens with zero attached hydrogens (tertiary/aromatic N) is 5. The van der Waals surface area contributed by atoms with Crippen LogP contribution in [0.3, 0.4) is 0 Å². The number of hydrogen-bond acceptors (Lipinski definition) is 6. The van der Waals surface area contributed by atoms with Crippen LogP contribution in [-0.2, 0) is 6.61 Å². The third-order valence-corrected chi connectivity index (χ3v) is 2.97. The van der Waals surface area contributed by atoms with Gasteiger partial charge in [0, 0.05) is 0 Å². The molecule has 7 nitrogen and oxygen atoms in total. The fourth-order valence-electron chi connectivity index (χ4n) is 1.83. The van der Waals surface area contributed by atoms with Gasteiger partial charge in [0.15, 0.2) is 0 Å². The summed E-state index contributed by atoms with van der Waals surface area (Å²) in [5.41, 5.74) is 7.20. The van der Waals surface area contributed by atoms with Crippen molar-refractivity contribution < 1.29 is 9.13 Å². The predicted octanol–water partition coefficient (Wildman–Crippen LogP) is 1.86. The summed E-state index contributed by atoms with van der Waals surface area (Å²) in [6.07, 6.45) is 1.57. The number of aromatic nitrogens is 4. The minimum atomic E-state index is -0.270. The molecule has 0 saturated heterocycles. The Morgan fingerprint density at radius 1 is 1.22 bits per heavy atom. The first kappa shape index (κ1) is 14.6. The molecule has 1 aromatic heterocycles. The first-order valence-electron chi connectivity index (χ1n) is 6.76. The monoisotopic (exact) mass is 312 g/mol. The molecule has 116 valence electrons. The molecule has 0 bridgehead atoms. The molecule has 0 amide bonds. The zero-order valence-corrected chi connectivity index (χ0v) is 12.0. The zero-order valence-electron chi connectivity index (χ0n) is 12.0. The number of anilines is 1. The van der Waals surface area contributed by atoms with E-state index in [0.717, 1.165) is 15.9 Å². The lowest BCUT2D eigenvalue weighted by Crippen LogP contribution is -2.00. The number of rotatable bonds is 5. The van der Waals surface area contributed by atoms with E-state index in [-0.39, 0.29) is 11.8 Å². The second-order valence-electron chi connectivity index (χ2n) is 4.66. The first-order valence-corrected chi connectivity index (χ1v) is 6.76. The Kier molecular flexibility index (Phi) is 4.23. The molecular formula is C15H13FN6O. The maximum atomic E-state index is 12.9. The van der Waals surface area contributed by atoms with Gasteiger partial charge in [-0.05, 0) is 45.8 Å². The largest absolute Gasteiger partial charge is 0.489 e. The second kappa shape index (κ2) is 6.65. The Morgan fingerprint density at radius 3 is 2.78 bits per heavy atom. The number of benzene rings is 2. The van der Waals surface area contributed by atoms with Gasteiger partial charge in [0.25, 0.3) is 5.95 Å². The molecule has 2 N–H and O–H groups in total. The summed E-state index contributed by atoms with van der Waals surface area (Å²) in [4.78, 5) is 1.12. The van der Waals surface area contributed by atoms with Crippen LogP contribution in [0, 0.1) is 5.82 Å². The molecule has 0 aliphatic heterocycles. The van der Waals surface area contributed by atoms with Crippen LogP contribution in [0.15, 0.2) is 53.6 Å². The summed E-state index contributed by atoms with van der Waals surface area (Å²) in [6.45, 7) is 0.348. The lowest BCUT2D eigenvalue weighted by molar-refractivity contribution is 0.306. The Hall–Kier alpha value is -3.29. The fourth-order valence-corrected chi connectivity index (χ4v) is 1.83. The first-order chi connectivity index (χ1) is 11.2. The van der Waals surface area contributed by atoms with Crippen LogP contribution in [0.25, 0.3) is 0 Å². The number of tetrazole rings is 1. The minimum Gasteiger partial charge on any atom is -0.489 e. The lowest BCUT2D eigenvalue weighted by atomic mass is 10.2. The number of ether oxygens (including phenoxy) is 1. The normalized spacial score (nSPS) is 11.0. The van der Waals surface area contributed by atoms with Gasteiger partial charge in [-0.3, -0.25) is 0 Å². The molecule has 1 heterocycles. The Morgan fingerprint density at radius 2 is 2.04 bits per heavy atom. The molecule has 23 heavy (non-hydrogen) atoms. The van der Waals surface area contributed by atoms with Gasteiger partial charge in [-0.25, -0.2) is 4.39 Å². The van der Waals surface area contributed by atoms with Crippen molar-refractivity contribution in [3.05, 3.63) is 65.5 Å². The van der Waals surface area contributed by atoms with Gasteiger partial charge < -0.3 is 10.5 Å². The highest BCUT2D eigenvalue weighted by atomic mass is 19.1. The number of halogens is 1. The SMILES string of the molecule is Nc1nnnn1/N=C\c1cccc(OCc2ccc(F)cc2)c1. The van der Waals surface area contributed by atoms with E-state index in [2.05, 4.69) is 20.6 Å². The van der Waals surface area contributed by atoms with E-state index in [1.807, 2.05) is 24.3 Å². The van der Waals surface area contributed by atoms with E-state index in [9.17, 15) is 4.39 Å². The number of nitrogen functional groups attached to an aromatic ring is 1. The van der Waals surface area contributed by atoms with Gasteiger partial charge in [0.2, 0.25) is 0 Å². The summed E-state index contributed by atoms with van der Waals surface area (Å²) in [5.74, 6) is 0.502. The summed E-state index contributed by atoms with van der Waals surface area (Å²) >= 11 is 0. The average molecular weight is 312 g/mol. The standard InChI is InChI=1S/C15H13FN6O/c16-13-6-4-11(5-7-13)10-23-14-3-1-2-12(8-14)9-18-22-15(17)19-20-21-22/h1-9H,10H2,(H2,17,19,21)/b18-9-. The van der Waals surface area contributed by atoms with Gasteiger partial charge in [-0.15, -0.1) is 0 Å². The van der Waals surface area contributed by atoms with Crippen molar-refractivity contribution in [2.45, 2.75) is 6.61 Å². The smallest absolute Gasteiger partial charge is 0.263 e. The highest BCUT2D eigenvalue weighted by molar-refractivity contribution is 5.80. The third kappa shape index (κ3) is 3.88. The molecule has 2 aromatic carbocycles. The molecule has 0 fully saturated rings. The highest BCUT2D eigenvalue weighted by Crippen LogP contribution is 2.14. The van der Waals surface area contributed by atoms with Crippen LogP contribution >= 0.6 is 0 Å². The molecule has 0 atom stereocenters. The number of nitrogens with two attached hydrogens (primary N) is 1. The molecule has 0 unspecified atom stereocenters. The van der Waals surface area contributed by atoms with Crippen molar-refractivity contribution in [3.63, 3.8) is 0 Å². The van der Waals surface area contributed by atoms with Crippen LogP contribution < -0.4 is 10.5 Å². The Bertz CT molecular complexity index is 815. The maximum absolute atomic E-state index is 12.9. The van der Waals surface area contributed by atoms with Crippen LogP contribution in [0.5, 0.6) is 5.75 Å². The van der Waals surface area contributed by atoms with Crippen LogP contribution in [0.4, 0.5) is 10.3 Å². The van der Waals surface area contributed by atoms with Gasteiger partial charge in [0.05, 0.1) is 6.21 Å². The topological polar surface area (TPSA) is 91.2 Å². The van der Waals surface area contributed by atoms with Crippen molar-refractivity contribution in [1.29, 1.82) is 0 Å². The summed E-state index contributed by atoms with van der Waals surface area (Å²) in [7, 11) is 0. The van der Waals surface area contributed by atoms with Crippen molar-refractivity contribution in [3.8, 4) is 5.75 Å². The molecule has 3 rings (SSSR count). The number of hydrogen-bond donors (Lipinski definition) is 1. The molecule has 0 saturated carbocycles. The third-order valence-electron chi connectivity index (χ3n) is 2.97. The van der Waals surface area contributed by atoms with Crippen molar-refractivity contribution in [1.82, 2.24) is 20.3 Å². The fraction of sp³-hybridized carbons (Fsp3) is 0.0667. The van der Waals surface area contributed by atoms with Crippen molar-refractivity contribution in [2.75, 3.05) is 5.73 Å². The molecule has 0 spiro atoms. The average Bonchev–Trinajstić information content (AvgIpc) is 2.98. The van der Waals surface area contributed by atoms with E-state index in [1.54, 1.807) is 18.3 Å². The Labute approximate surface area is 131 Å². The van der Waals surface area contributed by atoms with Gasteiger partial charge in [-0.2, -0.15) is 5.10 Å². The molecule has 3 aromatic rings. The van der Waals surface area contributed by atoms with Gasteiger partial charge >= 0.3 is 0 Å².